The molecule has 0 atom stereocenters. The van der Waals surface area contributed by atoms with Crippen LogP contribution in [-0.2, 0) is 6.42 Å². The number of rotatable bonds is 3. The third kappa shape index (κ3) is 2.41. The summed E-state index contributed by atoms with van der Waals surface area (Å²) in [5, 5.41) is 0. The Bertz CT molecular complexity index is 487. The molecule has 0 fully saturated rings. The molecule has 2 N–H and O–H groups in total. The molecule has 15 heavy (non-hydrogen) atoms. The summed E-state index contributed by atoms with van der Waals surface area (Å²) in [4.78, 5) is 16.7. The Morgan fingerprint density at radius 2 is 2.07 bits per heavy atom. The molecule has 0 aliphatic carbocycles. The number of halogens is 2. The zero-order chi connectivity index (χ0) is 10.8. The fourth-order valence-corrected chi connectivity index (χ4v) is 2.63. The molecular weight excluding hydrogens is 324 g/mol. The van der Waals surface area contributed by atoms with Gasteiger partial charge in [0.05, 0.1) is 10.3 Å². The second kappa shape index (κ2) is 4.37. The highest BCUT2D eigenvalue weighted by atomic mass is 79.9. The molecule has 5 heteroatoms. The predicted molar refractivity (Wildman–Crippen MR) is 65.2 cm³/mol. The Balaban J connectivity index is 2.21. The van der Waals surface area contributed by atoms with Crippen LogP contribution in [0.4, 0.5) is 0 Å². The summed E-state index contributed by atoms with van der Waals surface area (Å²) < 4.78 is 1.96. The van der Waals surface area contributed by atoms with Crippen molar-refractivity contribution in [2.24, 2.45) is 0 Å². The van der Waals surface area contributed by atoms with Gasteiger partial charge in [-0.25, -0.2) is 0 Å². The van der Waals surface area contributed by atoms with Crippen molar-refractivity contribution in [2.45, 2.75) is 6.42 Å². The number of aldehydes is 1. The van der Waals surface area contributed by atoms with E-state index in [2.05, 4.69) is 41.8 Å². The molecule has 0 saturated heterocycles. The van der Waals surface area contributed by atoms with Gasteiger partial charge in [0.15, 0.2) is 6.29 Å². The lowest BCUT2D eigenvalue weighted by Gasteiger charge is -1.96. The molecule has 0 radical (unpaired) electrons. The molecule has 2 rings (SSSR count). The summed E-state index contributed by atoms with van der Waals surface area (Å²) in [6.45, 7) is 0. The normalized spacial score (nSPS) is 10.5. The van der Waals surface area contributed by atoms with E-state index in [9.17, 15) is 4.79 Å². The van der Waals surface area contributed by atoms with Gasteiger partial charge in [0.1, 0.15) is 0 Å². The zero-order valence-corrected chi connectivity index (χ0v) is 10.9. The summed E-state index contributed by atoms with van der Waals surface area (Å²) in [7, 11) is 0. The van der Waals surface area contributed by atoms with E-state index in [-0.39, 0.29) is 0 Å². The highest BCUT2D eigenvalue weighted by molar-refractivity contribution is 9.11. The van der Waals surface area contributed by atoms with Crippen molar-refractivity contribution >= 4 is 38.1 Å². The van der Waals surface area contributed by atoms with E-state index in [1.807, 2.05) is 12.1 Å². The average Bonchev–Trinajstić information content (AvgIpc) is 2.75. The first-order valence-corrected chi connectivity index (χ1v) is 5.93. The molecule has 2 aromatic heterocycles. The lowest BCUT2D eigenvalue weighted by atomic mass is 10.2. The van der Waals surface area contributed by atoms with Gasteiger partial charge in [0, 0.05) is 22.3 Å². The highest BCUT2D eigenvalue weighted by Crippen LogP contribution is 2.23. The minimum absolute atomic E-state index is 0.603. The molecule has 2 aromatic rings. The van der Waals surface area contributed by atoms with Crippen LogP contribution in [0.5, 0.6) is 0 Å². The molecule has 78 valence electrons. The number of H-pyrrole nitrogens is 2. The molecule has 0 spiro atoms. The van der Waals surface area contributed by atoms with Gasteiger partial charge in [-0.15, -0.1) is 0 Å². The van der Waals surface area contributed by atoms with Crippen LogP contribution in [-0.4, -0.2) is 16.3 Å². The third-order valence-corrected chi connectivity index (χ3v) is 3.21. The Kier molecular flexibility index (Phi) is 3.11. The number of carbonyl (C=O) groups excluding carboxylic acids is 1. The van der Waals surface area contributed by atoms with Crippen molar-refractivity contribution in [2.75, 3.05) is 0 Å². The maximum absolute atomic E-state index is 10.5. The fraction of sp³-hybridized carbons (Fsp3) is 0.100. The fourth-order valence-electron chi connectivity index (χ4n) is 1.39. The molecular formula is C10H8Br2N2O. The molecule has 0 aromatic carbocycles. The second-order valence-corrected chi connectivity index (χ2v) is 4.89. The quantitative estimate of drug-likeness (QED) is 0.833. The largest absolute Gasteiger partial charge is 0.356 e. The number of carbonyl (C=O) groups is 1. The predicted octanol–water partition coefficient (Wildman–Crippen LogP) is 3.27. The molecule has 0 saturated carbocycles. The number of hydrogen-bond acceptors (Lipinski definition) is 1. The number of nitrogens with one attached hydrogen (secondary N) is 2. The SMILES string of the molecule is O=Cc1ccc(Cc2[nH]c(Br)cc2Br)[nH]1. The van der Waals surface area contributed by atoms with Crippen LogP contribution >= 0.6 is 31.9 Å². The van der Waals surface area contributed by atoms with E-state index in [1.54, 1.807) is 6.07 Å². The van der Waals surface area contributed by atoms with Crippen LogP contribution < -0.4 is 0 Å². The van der Waals surface area contributed by atoms with E-state index < -0.39 is 0 Å². The van der Waals surface area contributed by atoms with Gasteiger partial charge in [-0.2, -0.15) is 0 Å². The lowest BCUT2D eigenvalue weighted by molar-refractivity contribution is 0.111. The van der Waals surface area contributed by atoms with E-state index in [4.69, 9.17) is 0 Å². The van der Waals surface area contributed by atoms with Gasteiger partial charge < -0.3 is 9.97 Å². The van der Waals surface area contributed by atoms with Crippen LogP contribution in [0.1, 0.15) is 21.9 Å². The average molecular weight is 332 g/mol. The van der Waals surface area contributed by atoms with Crippen LogP contribution in [0.25, 0.3) is 0 Å². The molecule has 0 bridgehead atoms. The van der Waals surface area contributed by atoms with Gasteiger partial charge in [0.25, 0.3) is 0 Å². The summed E-state index contributed by atoms with van der Waals surface area (Å²) in [5.74, 6) is 0. The summed E-state index contributed by atoms with van der Waals surface area (Å²) in [6, 6.07) is 5.64. The number of aromatic nitrogens is 2. The molecule has 0 aliphatic heterocycles. The van der Waals surface area contributed by atoms with Crippen LogP contribution in [0, 0.1) is 0 Å². The van der Waals surface area contributed by atoms with Gasteiger partial charge >= 0.3 is 0 Å². The Morgan fingerprint density at radius 3 is 2.60 bits per heavy atom. The highest BCUT2D eigenvalue weighted by Gasteiger charge is 2.06. The zero-order valence-electron chi connectivity index (χ0n) is 7.68. The summed E-state index contributed by atoms with van der Waals surface area (Å²) in [5.41, 5.74) is 2.68. The first-order valence-electron chi connectivity index (χ1n) is 4.35. The molecule has 2 heterocycles. The van der Waals surface area contributed by atoms with Crippen molar-refractivity contribution in [3.05, 3.63) is 44.4 Å². The molecule has 0 amide bonds. The van der Waals surface area contributed by atoms with Crippen LogP contribution in [0.3, 0.4) is 0 Å². The monoisotopic (exact) mass is 330 g/mol. The van der Waals surface area contributed by atoms with Gasteiger partial charge in [-0.05, 0) is 50.1 Å². The smallest absolute Gasteiger partial charge is 0.166 e. The number of aromatic amines is 2. The van der Waals surface area contributed by atoms with Crippen LogP contribution in [0.15, 0.2) is 27.3 Å². The van der Waals surface area contributed by atoms with Crippen molar-refractivity contribution < 1.29 is 4.79 Å². The summed E-state index contributed by atoms with van der Waals surface area (Å²) >= 11 is 6.82. The van der Waals surface area contributed by atoms with Gasteiger partial charge in [0.2, 0.25) is 0 Å². The summed E-state index contributed by atoms with van der Waals surface area (Å²) in [6.07, 6.45) is 1.54. The van der Waals surface area contributed by atoms with Crippen molar-refractivity contribution in [3.63, 3.8) is 0 Å². The molecule has 0 unspecified atom stereocenters. The van der Waals surface area contributed by atoms with E-state index in [0.717, 1.165) is 33.2 Å². The van der Waals surface area contributed by atoms with Crippen LogP contribution in [0.2, 0.25) is 0 Å². The van der Waals surface area contributed by atoms with Crippen molar-refractivity contribution in [3.8, 4) is 0 Å². The third-order valence-electron chi connectivity index (χ3n) is 2.08. The lowest BCUT2D eigenvalue weighted by Crippen LogP contribution is -1.90. The molecule has 0 aliphatic rings. The van der Waals surface area contributed by atoms with Crippen molar-refractivity contribution in [1.29, 1.82) is 0 Å². The maximum atomic E-state index is 10.5. The first-order chi connectivity index (χ1) is 7.19. The Hall–Kier alpha value is -0.810. The number of hydrogen-bond donors (Lipinski definition) is 2. The minimum Gasteiger partial charge on any atom is -0.356 e. The van der Waals surface area contributed by atoms with E-state index in [1.165, 1.54) is 0 Å². The standard InChI is InChI=1S/C10H8Br2N2O/c11-8-4-10(12)14-9(8)3-6-1-2-7(5-15)13-6/h1-2,4-5,13-14H,3H2. The Labute approximate surface area is 104 Å². The topological polar surface area (TPSA) is 48.6 Å². The van der Waals surface area contributed by atoms with E-state index in [0.29, 0.717) is 5.69 Å². The first kappa shape index (κ1) is 10.7. The molecule has 3 nitrogen and oxygen atoms in total. The van der Waals surface area contributed by atoms with Gasteiger partial charge in [-0.1, -0.05) is 0 Å². The second-order valence-electron chi connectivity index (χ2n) is 3.18. The Morgan fingerprint density at radius 1 is 1.27 bits per heavy atom. The maximum Gasteiger partial charge on any atom is 0.166 e. The van der Waals surface area contributed by atoms with Crippen molar-refractivity contribution in [1.82, 2.24) is 9.97 Å². The minimum atomic E-state index is 0.603. The van der Waals surface area contributed by atoms with Gasteiger partial charge in [-0.3, -0.25) is 4.79 Å². The van der Waals surface area contributed by atoms with E-state index >= 15 is 0 Å².